The Morgan fingerprint density at radius 3 is 2.60 bits per heavy atom. The average Bonchev–Trinajstić information content (AvgIpc) is 2.88. The third-order valence-electron chi connectivity index (χ3n) is 5.10. The second-order valence-corrected chi connectivity index (χ2v) is 6.98. The summed E-state index contributed by atoms with van der Waals surface area (Å²) in [6.45, 7) is 1.91. The van der Waals surface area contributed by atoms with Crippen LogP contribution in [0.25, 0.3) is 0 Å². The summed E-state index contributed by atoms with van der Waals surface area (Å²) in [5, 5.41) is 15.1. The number of halogens is 4. The molecule has 136 valence electrons. The van der Waals surface area contributed by atoms with Crippen LogP contribution in [-0.2, 0) is 0 Å². The van der Waals surface area contributed by atoms with Crippen molar-refractivity contribution in [2.45, 2.75) is 44.5 Å². The number of nitrogens with zero attached hydrogens (tertiary/aromatic N) is 2. The van der Waals surface area contributed by atoms with Crippen molar-refractivity contribution in [3.05, 3.63) is 34.9 Å². The van der Waals surface area contributed by atoms with E-state index in [4.69, 9.17) is 11.6 Å². The summed E-state index contributed by atoms with van der Waals surface area (Å²) < 4.78 is 41.4. The fourth-order valence-electron chi connectivity index (χ4n) is 3.59. The minimum atomic E-state index is -5.01. The van der Waals surface area contributed by atoms with Gasteiger partial charge in [0.15, 0.2) is 0 Å². The maximum absolute atomic E-state index is 13.8. The molecule has 1 aliphatic carbocycles. The quantitative estimate of drug-likeness (QED) is 0.842. The summed E-state index contributed by atoms with van der Waals surface area (Å²) in [6, 6.07) is 5.45. The van der Waals surface area contributed by atoms with Crippen molar-refractivity contribution >= 4 is 23.2 Å². The highest BCUT2D eigenvalue weighted by Gasteiger charge is 2.68. The first-order chi connectivity index (χ1) is 11.7. The molecule has 0 radical (unpaired) electrons. The number of alkyl halides is 3. The molecule has 0 bridgehead atoms. The number of amides is 1. The van der Waals surface area contributed by atoms with Crippen LogP contribution in [0.4, 0.5) is 13.2 Å². The van der Waals surface area contributed by atoms with Crippen molar-refractivity contribution in [3.63, 3.8) is 0 Å². The van der Waals surface area contributed by atoms with E-state index < -0.39 is 23.7 Å². The Hall–Kier alpha value is -1.60. The van der Waals surface area contributed by atoms with Gasteiger partial charge in [-0.1, -0.05) is 24.9 Å². The van der Waals surface area contributed by atoms with Gasteiger partial charge in [0.1, 0.15) is 0 Å². The van der Waals surface area contributed by atoms with Crippen molar-refractivity contribution in [1.82, 2.24) is 5.01 Å². The van der Waals surface area contributed by atoms with Crippen molar-refractivity contribution in [2.75, 3.05) is 0 Å². The molecule has 0 spiro atoms. The maximum atomic E-state index is 13.8. The van der Waals surface area contributed by atoms with Gasteiger partial charge in [-0.05, 0) is 49.4 Å². The second kappa shape index (κ2) is 6.29. The predicted octanol–water partition coefficient (Wildman–Crippen LogP) is 4.23. The lowest BCUT2D eigenvalue weighted by Crippen LogP contribution is -2.61. The molecule has 1 aliphatic heterocycles. The van der Waals surface area contributed by atoms with Crippen LogP contribution < -0.4 is 0 Å². The molecule has 0 aromatic heterocycles. The highest BCUT2D eigenvalue weighted by Crippen LogP contribution is 2.50. The summed E-state index contributed by atoms with van der Waals surface area (Å²) in [6.07, 6.45) is -3.06. The summed E-state index contributed by atoms with van der Waals surface area (Å²) in [5.74, 6) is -2.14. The molecule has 8 heteroatoms. The zero-order valence-corrected chi connectivity index (χ0v) is 14.3. The van der Waals surface area contributed by atoms with Gasteiger partial charge in [-0.15, -0.1) is 0 Å². The topological polar surface area (TPSA) is 52.9 Å². The fourth-order valence-corrected chi connectivity index (χ4v) is 3.71. The first-order valence-corrected chi connectivity index (χ1v) is 8.52. The van der Waals surface area contributed by atoms with Crippen molar-refractivity contribution < 1.29 is 23.1 Å². The molecule has 1 amide bonds. The van der Waals surface area contributed by atoms with Crippen LogP contribution >= 0.6 is 11.6 Å². The Bertz CT molecular complexity index is 705. The lowest BCUT2D eigenvalue weighted by Gasteiger charge is -2.39. The van der Waals surface area contributed by atoms with Crippen LogP contribution in [0.2, 0.25) is 5.02 Å². The van der Waals surface area contributed by atoms with Gasteiger partial charge >= 0.3 is 6.18 Å². The summed E-state index contributed by atoms with van der Waals surface area (Å²) in [7, 11) is 0. The Morgan fingerprint density at radius 2 is 2.04 bits per heavy atom. The summed E-state index contributed by atoms with van der Waals surface area (Å²) in [5.41, 5.74) is -3.08. The first-order valence-electron chi connectivity index (χ1n) is 8.15. The SMILES string of the molecule is CC[C@H]1CCC2=NN(C(=O)c3ccc(Cl)cc3)[C@](O)(C(F)(F)F)[C@@H]2C1. The zero-order chi connectivity index (χ0) is 18.4. The van der Waals surface area contributed by atoms with Crippen LogP contribution in [0.1, 0.15) is 43.0 Å². The molecule has 1 saturated carbocycles. The third-order valence-corrected chi connectivity index (χ3v) is 5.35. The van der Waals surface area contributed by atoms with Gasteiger partial charge in [0, 0.05) is 16.3 Å². The number of fused-ring (bicyclic) bond motifs is 1. The van der Waals surface area contributed by atoms with Gasteiger partial charge in [-0.2, -0.15) is 23.3 Å². The predicted molar refractivity (Wildman–Crippen MR) is 87.2 cm³/mol. The number of benzene rings is 1. The number of carbonyl (C=O) groups is 1. The molecule has 1 aromatic carbocycles. The number of hydrogen-bond donors (Lipinski definition) is 1. The molecule has 1 fully saturated rings. The van der Waals surface area contributed by atoms with Crippen LogP contribution in [0.3, 0.4) is 0 Å². The minimum Gasteiger partial charge on any atom is -0.362 e. The number of rotatable bonds is 2. The molecule has 3 atom stereocenters. The number of carbonyl (C=O) groups excluding carboxylic acids is 1. The molecular weight excluding hydrogens is 357 g/mol. The van der Waals surface area contributed by atoms with E-state index in [-0.39, 0.29) is 28.6 Å². The molecule has 0 unspecified atom stereocenters. The smallest absolute Gasteiger partial charge is 0.362 e. The van der Waals surface area contributed by atoms with E-state index in [1.807, 2.05) is 6.92 Å². The van der Waals surface area contributed by atoms with Crippen LogP contribution in [-0.4, -0.2) is 33.6 Å². The molecule has 0 saturated heterocycles. The molecule has 3 rings (SSSR count). The summed E-state index contributed by atoms with van der Waals surface area (Å²) in [4.78, 5) is 12.6. The van der Waals surface area contributed by atoms with E-state index in [0.29, 0.717) is 17.9 Å². The Kier molecular flexibility index (Phi) is 4.58. The van der Waals surface area contributed by atoms with E-state index in [0.717, 1.165) is 6.42 Å². The van der Waals surface area contributed by atoms with E-state index in [1.165, 1.54) is 24.3 Å². The Balaban J connectivity index is 2.01. The van der Waals surface area contributed by atoms with E-state index in [2.05, 4.69) is 5.10 Å². The lowest BCUT2D eigenvalue weighted by molar-refractivity contribution is -0.313. The molecule has 25 heavy (non-hydrogen) atoms. The van der Waals surface area contributed by atoms with Gasteiger partial charge in [-0.3, -0.25) is 4.79 Å². The van der Waals surface area contributed by atoms with Crippen molar-refractivity contribution in [2.24, 2.45) is 16.9 Å². The first kappa shape index (κ1) is 18.2. The van der Waals surface area contributed by atoms with Crippen molar-refractivity contribution in [3.8, 4) is 0 Å². The van der Waals surface area contributed by atoms with Gasteiger partial charge < -0.3 is 5.11 Å². The van der Waals surface area contributed by atoms with Crippen molar-refractivity contribution in [1.29, 1.82) is 0 Å². The largest absolute Gasteiger partial charge is 0.439 e. The number of hydrazone groups is 1. The zero-order valence-electron chi connectivity index (χ0n) is 13.6. The fraction of sp³-hybridized carbons (Fsp3) is 0.529. The Labute approximate surface area is 148 Å². The minimum absolute atomic E-state index is 0.0119. The standard InChI is InChI=1S/C17H18ClF3N2O2/c1-2-10-3-8-14-13(9-10)16(25,17(19,20)21)23(22-14)15(24)11-4-6-12(18)7-5-11/h4-7,10,13,25H,2-3,8-9H2,1H3/t10-,13+,16+/m0/s1. The van der Waals surface area contributed by atoms with E-state index in [1.54, 1.807) is 0 Å². The monoisotopic (exact) mass is 374 g/mol. The molecule has 2 aliphatic rings. The number of aliphatic hydroxyl groups is 1. The van der Waals surface area contributed by atoms with Gasteiger partial charge in [-0.25, -0.2) is 0 Å². The Morgan fingerprint density at radius 1 is 1.40 bits per heavy atom. The molecule has 4 nitrogen and oxygen atoms in total. The normalized spacial score (nSPS) is 29.4. The van der Waals surface area contributed by atoms with E-state index in [9.17, 15) is 23.1 Å². The van der Waals surface area contributed by atoms with Crippen LogP contribution in [0.15, 0.2) is 29.4 Å². The van der Waals surface area contributed by atoms with Crippen LogP contribution in [0, 0.1) is 11.8 Å². The highest BCUT2D eigenvalue weighted by atomic mass is 35.5. The second-order valence-electron chi connectivity index (χ2n) is 6.54. The highest BCUT2D eigenvalue weighted by molar-refractivity contribution is 6.30. The van der Waals surface area contributed by atoms with Gasteiger partial charge in [0.25, 0.3) is 11.6 Å². The maximum Gasteiger partial charge on any atom is 0.439 e. The third kappa shape index (κ3) is 2.93. The van der Waals surface area contributed by atoms with Gasteiger partial charge in [0.2, 0.25) is 0 Å². The molecule has 1 N–H and O–H groups in total. The van der Waals surface area contributed by atoms with Crippen LogP contribution in [0.5, 0.6) is 0 Å². The van der Waals surface area contributed by atoms with Gasteiger partial charge in [0.05, 0.1) is 5.92 Å². The van der Waals surface area contributed by atoms with E-state index >= 15 is 0 Å². The number of hydrogen-bond acceptors (Lipinski definition) is 3. The average molecular weight is 375 g/mol. The molecule has 1 heterocycles. The summed E-state index contributed by atoms with van der Waals surface area (Å²) >= 11 is 5.75. The molecular formula is C17H18ClF3N2O2. The molecule has 1 aromatic rings. The lowest BCUT2D eigenvalue weighted by atomic mass is 9.74.